The van der Waals surface area contributed by atoms with Crippen LogP contribution in [0.1, 0.15) is 48.7 Å². The maximum Gasteiger partial charge on any atom is 0.251 e. The molecule has 7 heteroatoms. The third-order valence-corrected chi connectivity index (χ3v) is 7.05. The number of hydrogen-bond donors (Lipinski definition) is 2. The van der Waals surface area contributed by atoms with Crippen LogP contribution in [0.15, 0.2) is 17.0 Å². The maximum absolute atomic E-state index is 12.5. The highest BCUT2D eigenvalue weighted by atomic mass is 32.2. The predicted molar refractivity (Wildman–Crippen MR) is 99.2 cm³/mol. The van der Waals surface area contributed by atoms with Gasteiger partial charge in [0.2, 0.25) is 10.0 Å². The molecule has 1 rings (SSSR count). The molecule has 0 aliphatic carbocycles. The normalized spacial score (nSPS) is 15.7. The molecule has 25 heavy (non-hydrogen) atoms. The molecule has 0 spiro atoms. The molecular formula is C18H30N2O4S. The van der Waals surface area contributed by atoms with Crippen LogP contribution < -0.4 is 5.32 Å². The van der Waals surface area contributed by atoms with E-state index in [9.17, 15) is 18.3 Å². The topological polar surface area (TPSA) is 86.7 Å². The van der Waals surface area contributed by atoms with Gasteiger partial charge in [-0.05, 0) is 50.5 Å². The van der Waals surface area contributed by atoms with Crippen LogP contribution in [0.25, 0.3) is 0 Å². The number of hydrogen-bond acceptors (Lipinski definition) is 4. The standard InChI is InChI=1S/C18H30N2O4S/c1-8-18(5,14(4)21)11-19-17(22)15-9-12(2)13(3)16(10-15)25(23,24)20(6)7/h9-10,14,21H,8,11H2,1-7H3,(H,19,22)/t14-,18-/m1/s1. The van der Waals surface area contributed by atoms with Crippen LogP contribution in [-0.2, 0) is 10.0 Å². The van der Waals surface area contributed by atoms with Gasteiger partial charge in [-0.1, -0.05) is 13.8 Å². The molecule has 0 saturated carbocycles. The molecule has 0 fully saturated rings. The van der Waals surface area contributed by atoms with Crippen molar-refractivity contribution in [3.05, 3.63) is 28.8 Å². The highest BCUT2D eigenvalue weighted by Crippen LogP contribution is 2.26. The molecule has 0 bridgehead atoms. The van der Waals surface area contributed by atoms with Crippen molar-refractivity contribution in [1.82, 2.24) is 9.62 Å². The monoisotopic (exact) mass is 370 g/mol. The van der Waals surface area contributed by atoms with Crippen molar-refractivity contribution >= 4 is 15.9 Å². The van der Waals surface area contributed by atoms with Gasteiger partial charge in [-0.25, -0.2) is 12.7 Å². The van der Waals surface area contributed by atoms with Crippen LogP contribution in [0.2, 0.25) is 0 Å². The Hall–Kier alpha value is -1.44. The third-order valence-electron chi connectivity index (χ3n) is 5.11. The van der Waals surface area contributed by atoms with E-state index in [1.165, 1.54) is 20.2 Å². The Bertz CT molecular complexity index is 742. The van der Waals surface area contributed by atoms with Crippen LogP contribution >= 0.6 is 0 Å². The predicted octanol–water partition coefficient (Wildman–Crippen LogP) is 2.08. The van der Waals surface area contributed by atoms with Gasteiger partial charge in [-0.2, -0.15) is 0 Å². The average molecular weight is 371 g/mol. The maximum atomic E-state index is 12.5. The first-order valence-corrected chi connectivity index (χ1v) is 9.81. The quantitative estimate of drug-likeness (QED) is 0.769. The third kappa shape index (κ3) is 4.59. The molecule has 1 aromatic rings. The number of nitrogens with one attached hydrogen (secondary N) is 1. The summed E-state index contributed by atoms with van der Waals surface area (Å²) in [6.07, 6.45) is 0.139. The zero-order chi connectivity index (χ0) is 19.6. The Morgan fingerprint density at radius 3 is 2.32 bits per heavy atom. The van der Waals surface area contributed by atoms with E-state index in [4.69, 9.17) is 0 Å². The Labute approximate surface area is 151 Å². The van der Waals surface area contributed by atoms with Gasteiger partial charge in [-0.3, -0.25) is 4.79 Å². The first-order valence-electron chi connectivity index (χ1n) is 8.37. The Morgan fingerprint density at radius 2 is 1.88 bits per heavy atom. The molecule has 0 heterocycles. The zero-order valence-corrected chi connectivity index (χ0v) is 17.0. The van der Waals surface area contributed by atoms with Crippen LogP contribution in [0.4, 0.5) is 0 Å². The van der Waals surface area contributed by atoms with E-state index in [1.54, 1.807) is 26.8 Å². The lowest BCUT2D eigenvalue weighted by molar-refractivity contribution is 0.0473. The summed E-state index contributed by atoms with van der Waals surface area (Å²) in [5.41, 5.74) is 1.23. The summed E-state index contributed by atoms with van der Waals surface area (Å²) in [6.45, 7) is 9.38. The lowest BCUT2D eigenvalue weighted by Gasteiger charge is -2.31. The highest BCUT2D eigenvalue weighted by molar-refractivity contribution is 7.89. The smallest absolute Gasteiger partial charge is 0.251 e. The van der Waals surface area contributed by atoms with Crippen molar-refractivity contribution in [3.63, 3.8) is 0 Å². The number of nitrogens with zero attached hydrogens (tertiary/aromatic N) is 1. The number of sulfonamides is 1. The lowest BCUT2D eigenvalue weighted by atomic mass is 9.82. The van der Waals surface area contributed by atoms with E-state index in [-0.39, 0.29) is 10.8 Å². The minimum atomic E-state index is -3.63. The van der Waals surface area contributed by atoms with Gasteiger partial charge >= 0.3 is 0 Å². The molecule has 0 aromatic heterocycles. The van der Waals surface area contributed by atoms with Crippen molar-refractivity contribution in [2.45, 2.75) is 52.0 Å². The van der Waals surface area contributed by atoms with Crippen molar-refractivity contribution in [2.24, 2.45) is 5.41 Å². The van der Waals surface area contributed by atoms with Crippen LogP contribution in [0.3, 0.4) is 0 Å². The molecular weight excluding hydrogens is 340 g/mol. The van der Waals surface area contributed by atoms with Crippen molar-refractivity contribution in [1.29, 1.82) is 0 Å². The van der Waals surface area contributed by atoms with E-state index < -0.39 is 21.5 Å². The zero-order valence-electron chi connectivity index (χ0n) is 16.2. The molecule has 142 valence electrons. The van der Waals surface area contributed by atoms with Crippen molar-refractivity contribution in [2.75, 3.05) is 20.6 Å². The SMILES string of the molecule is CC[C@](C)(CNC(=O)c1cc(C)c(C)c(S(=O)(=O)N(C)C)c1)[C@@H](C)O. The number of aliphatic hydroxyl groups is 1. The largest absolute Gasteiger partial charge is 0.393 e. The molecule has 0 aliphatic rings. The van der Waals surface area contributed by atoms with Crippen molar-refractivity contribution < 1.29 is 18.3 Å². The summed E-state index contributed by atoms with van der Waals surface area (Å²) in [7, 11) is -0.705. The van der Waals surface area contributed by atoms with Gasteiger partial charge in [0.15, 0.2) is 0 Å². The van der Waals surface area contributed by atoms with E-state index in [0.717, 1.165) is 9.87 Å². The Balaban J connectivity index is 3.19. The highest BCUT2D eigenvalue weighted by Gasteiger charge is 2.29. The number of amides is 1. The minimum absolute atomic E-state index is 0.136. The van der Waals surface area contributed by atoms with Crippen LogP contribution in [-0.4, -0.2) is 50.5 Å². The van der Waals surface area contributed by atoms with E-state index in [0.29, 0.717) is 24.1 Å². The van der Waals surface area contributed by atoms with Gasteiger partial charge in [0.1, 0.15) is 0 Å². The molecule has 1 aromatic carbocycles. The van der Waals surface area contributed by atoms with Crippen molar-refractivity contribution in [3.8, 4) is 0 Å². The van der Waals surface area contributed by atoms with Crippen LogP contribution in [0.5, 0.6) is 0 Å². The number of carbonyl (C=O) groups excluding carboxylic acids is 1. The first kappa shape index (κ1) is 21.6. The average Bonchev–Trinajstić information content (AvgIpc) is 2.53. The fourth-order valence-electron chi connectivity index (χ4n) is 2.38. The number of aryl methyl sites for hydroxylation is 1. The van der Waals surface area contributed by atoms with E-state index in [2.05, 4.69) is 5.32 Å². The second-order valence-corrected chi connectivity index (χ2v) is 9.19. The summed E-state index contributed by atoms with van der Waals surface area (Å²) >= 11 is 0. The summed E-state index contributed by atoms with van der Waals surface area (Å²) in [5.74, 6) is -0.348. The number of aliphatic hydroxyl groups excluding tert-OH is 1. The molecule has 2 atom stereocenters. The molecule has 0 unspecified atom stereocenters. The van der Waals surface area contributed by atoms with Gasteiger partial charge < -0.3 is 10.4 Å². The molecule has 6 nitrogen and oxygen atoms in total. The van der Waals surface area contributed by atoms with Gasteiger partial charge in [0.25, 0.3) is 5.91 Å². The summed E-state index contributed by atoms with van der Waals surface area (Å²) in [6, 6.07) is 3.10. The fourth-order valence-corrected chi connectivity index (χ4v) is 3.59. The number of carbonyl (C=O) groups is 1. The van der Waals surface area contributed by atoms with Gasteiger partial charge in [0.05, 0.1) is 11.0 Å². The van der Waals surface area contributed by atoms with Crippen LogP contribution in [0, 0.1) is 19.3 Å². The summed E-state index contributed by atoms with van der Waals surface area (Å²) in [5, 5.41) is 12.7. The fraction of sp³-hybridized carbons (Fsp3) is 0.611. The first-order chi connectivity index (χ1) is 11.4. The van der Waals surface area contributed by atoms with E-state index >= 15 is 0 Å². The second kappa shape index (κ2) is 7.85. The summed E-state index contributed by atoms with van der Waals surface area (Å²) < 4.78 is 26.1. The molecule has 0 aliphatic heterocycles. The lowest BCUT2D eigenvalue weighted by Crippen LogP contribution is -2.42. The Kier molecular flexibility index (Phi) is 6.78. The van der Waals surface area contributed by atoms with E-state index in [1.807, 2.05) is 13.8 Å². The molecule has 0 radical (unpaired) electrons. The summed E-state index contributed by atoms with van der Waals surface area (Å²) in [4.78, 5) is 12.7. The van der Waals surface area contributed by atoms with Gasteiger partial charge in [0, 0.05) is 31.6 Å². The molecule has 1 amide bonds. The van der Waals surface area contributed by atoms with Gasteiger partial charge in [-0.15, -0.1) is 0 Å². The minimum Gasteiger partial charge on any atom is -0.393 e. The molecule has 2 N–H and O–H groups in total. The second-order valence-electron chi connectivity index (χ2n) is 7.07. The number of benzene rings is 1. The number of rotatable bonds is 7. The molecule has 0 saturated heterocycles. The Morgan fingerprint density at radius 1 is 1.32 bits per heavy atom.